The summed E-state index contributed by atoms with van der Waals surface area (Å²) >= 11 is 6.15. The second kappa shape index (κ2) is 9.98. The second-order valence-electron chi connectivity index (χ2n) is 8.44. The summed E-state index contributed by atoms with van der Waals surface area (Å²) in [5.74, 6) is 0.937. The molecule has 0 amide bonds. The molecule has 1 fully saturated rings. The van der Waals surface area contributed by atoms with Crippen molar-refractivity contribution in [2.75, 3.05) is 48.2 Å². The van der Waals surface area contributed by atoms with E-state index < -0.39 is 0 Å². The molecule has 1 saturated heterocycles. The van der Waals surface area contributed by atoms with Crippen LogP contribution in [-0.4, -0.2) is 45.0 Å². The summed E-state index contributed by atoms with van der Waals surface area (Å²) in [5, 5.41) is 7.30. The predicted octanol–water partition coefficient (Wildman–Crippen LogP) is 5.11. The highest BCUT2D eigenvalue weighted by Gasteiger charge is 2.39. The average Bonchev–Trinajstić information content (AvgIpc) is 3.31. The number of Topliss-reactive ketones (excluding diaryl/α,β-unsaturated/α-hetero) is 1. The molecule has 2 aliphatic heterocycles. The summed E-state index contributed by atoms with van der Waals surface area (Å²) in [6, 6.07) is 23.6. The van der Waals surface area contributed by atoms with E-state index in [0.717, 1.165) is 48.9 Å². The molecule has 0 aliphatic carbocycles. The molecule has 180 valence electrons. The van der Waals surface area contributed by atoms with Crippen LogP contribution in [0.4, 0.5) is 17.1 Å². The third kappa shape index (κ3) is 4.70. The minimum Gasteiger partial charge on any atom is -0.497 e. The van der Waals surface area contributed by atoms with E-state index >= 15 is 0 Å². The maximum Gasteiger partial charge on any atom is 0.198 e. The van der Waals surface area contributed by atoms with E-state index in [2.05, 4.69) is 29.2 Å². The van der Waals surface area contributed by atoms with Crippen LogP contribution in [0.15, 0.2) is 77.9 Å². The first kappa shape index (κ1) is 23.2. The highest BCUT2D eigenvalue weighted by Crippen LogP contribution is 2.40. The van der Waals surface area contributed by atoms with E-state index in [-0.39, 0.29) is 11.9 Å². The fraction of sp³-hybridized carbons (Fsp3) is 0.259. The van der Waals surface area contributed by atoms with Crippen LogP contribution < -0.4 is 19.5 Å². The van der Waals surface area contributed by atoms with Crippen molar-refractivity contribution in [3.63, 3.8) is 0 Å². The Bertz CT molecular complexity index is 1220. The number of methoxy groups -OCH3 is 1. The maximum atomic E-state index is 12.8. The van der Waals surface area contributed by atoms with Gasteiger partial charge < -0.3 is 14.4 Å². The number of rotatable bonds is 6. The van der Waals surface area contributed by atoms with Gasteiger partial charge in [-0.05, 0) is 54.1 Å². The van der Waals surface area contributed by atoms with Gasteiger partial charge in [0.25, 0.3) is 0 Å². The largest absolute Gasteiger partial charge is 0.497 e. The Morgan fingerprint density at radius 3 is 2.31 bits per heavy atom. The van der Waals surface area contributed by atoms with Crippen LogP contribution in [-0.2, 0) is 9.53 Å². The lowest BCUT2D eigenvalue weighted by Gasteiger charge is -2.33. The van der Waals surface area contributed by atoms with E-state index in [1.54, 1.807) is 7.11 Å². The second-order valence-corrected chi connectivity index (χ2v) is 8.87. The van der Waals surface area contributed by atoms with Gasteiger partial charge >= 0.3 is 0 Å². The number of hydrazone groups is 1. The fourth-order valence-electron chi connectivity index (χ4n) is 4.46. The number of ketones is 1. The zero-order valence-corrected chi connectivity index (χ0v) is 20.5. The maximum absolute atomic E-state index is 12.8. The van der Waals surface area contributed by atoms with Crippen LogP contribution in [0.5, 0.6) is 5.75 Å². The number of benzene rings is 3. The summed E-state index contributed by atoms with van der Waals surface area (Å²) in [6.07, 6.45) is -0.374. The zero-order chi connectivity index (χ0) is 24.4. The van der Waals surface area contributed by atoms with Gasteiger partial charge in [-0.2, -0.15) is 0 Å². The number of hydrogen-bond acceptors (Lipinski definition) is 7. The lowest BCUT2D eigenvalue weighted by molar-refractivity contribution is -0.111. The Morgan fingerprint density at radius 1 is 0.971 bits per heavy atom. The van der Waals surface area contributed by atoms with Gasteiger partial charge in [0.05, 0.1) is 26.0 Å². The Balaban J connectivity index is 1.59. The molecule has 0 aromatic heterocycles. The Hall–Kier alpha value is -3.55. The molecule has 0 bridgehead atoms. The van der Waals surface area contributed by atoms with E-state index in [1.165, 1.54) is 6.92 Å². The minimum absolute atomic E-state index is 0.126. The monoisotopic (exact) mass is 490 g/mol. The van der Waals surface area contributed by atoms with Crippen LogP contribution in [0, 0.1) is 0 Å². The molecule has 3 aromatic carbocycles. The molecular formula is C27H27ClN4O3. The van der Waals surface area contributed by atoms with Crippen molar-refractivity contribution in [2.45, 2.75) is 13.1 Å². The van der Waals surface area contributed by atoms with Crippen LogP contribution in [0.25, 0.3) is 0 Å². The standard InChI is InChI=1S/C27H27ClN4O3/c1-19(33)26-29-32(23-12-8-21(28)9-13-23)27(31(26)24-4-3-5-25(18-24)34-2)20-6-10-22(11-7-20)30-14-16-35-17-15-30/h3-13,18,27H,14-17H2,1-2H3/t27-/m0/s1. The molecule has 0 unspecified atom stereocenters. The number of ether oxygens (including phenoxy) is 2. The molecule has 3 aromatic rings. The van der Waals surface area contributed by atoms with Crippen LogP contribution in [0.1, 0.15) is 18.7 Å². The van der Waals surface area contributed by atoms with Crippen LogP contribution >= 0.6 is 11.6 Å². The Labute approximate surface area is 210 Å². The van der Waals surface area contributed by atoms with E-state index in [0.29, 0.717) is 16.6 Å². The molecular weight excluding hydrogens is 464 g/mol. The SMILES string of the molecule is COc1cccc(N2C(C(C)=O)=NN(c3ccc(Cl)cc3)[C@H]2c2ccc(N3CCOCC3)cc2)c1. The van der Waals surface area contributed by atoms with Gasteiger partial charge in [-0.25, -0.2) is 5.01 Å². The van der Waals surface area contributed by atoms with Gasteiger partial charge in [0.15, 0.2) is 17.8 Å². The van der Waals surface area contributed by atoms with Gasteiger partial charge in [0.2, 0.25) is 0 Å². The average molecular weight is 491 g/mol. The summed E-state index contributed by atoms with van der Waals surface area (Å²) in [7, 11) is 1.63. The number of anilines is 3. The molecule has 7 nitrogen and oxygen atoms in total. The van der Waals surface area contributed by atoms with Crippen molar-refractivity contribution < 1.29 is 14.3 Å². The van der Waals surface area contributed by atoms with Crippen molar-refractivity contribution in [3.8, 4) is 5.75 Å². The molecule has 35 heavy (non-hydrogen) atoms. The number of halogens is 1. The quantitative estimate of drug-likeness (QED) is 0.478. The van der Waals surface area contributed by atoms with Gasteiger partial charge in [-0.3, -0.25) is 9.69 Å². The Morgan fingerprint density at radius 2 is 1.66 bits per heavy atom. The molecule has 2 heterocycles. The number of hydrogen-bond donors (Lipinski definition) is 0. The summed E-state index contributed by atoms with van der Waals surface area (Å²) in [4.78, 5) is 17.1. The molecule has 8 heteroatoms. The number of amidine groups is 1. The van der Waals surface area contributed by atoms with Crippen molar-refractivity contribution >= 4 is 40.3 Å². The molecule has 2 aliphatic rings. The lowest BCUT2D eigenvalue weighted by atomic mass is 10.1. The molecule has 0 spiro atoms. The normalized spacial score (nSPS) is 18.0. The van der Waals surface area contributed by atoms with Crippen LogP contribution in [0.3, 0.4) is 0 Å². The number of carbonyl (C=O) groups is 1. The Kier molecular flexibility index (Phi) is 6.61. The van der Waals surface area contributed by atoms with E-state index in [9.17, 15) is 4.79 Å². The molecule has 1 atom stereocenters. The fourth-order valence-corrected chi connectivity index (χ4v) is 4.58. The van der Waals surface area contributed by atoms with E-state index in [1.807, 2.05) is 58.4 Å². The number of morpholine rings is 1. The van der Waals surface area contributed by atoms with Crippen LogP contribution in [0.2, 0.25) is 5.02 Å². The number of carbonyl (C=O) groups excluding carboxylic acids is 1. The van der Waals surface area contributed by atoms with Crippen molar-refractivity contribution in [1.82, 2.24) is 0 Å². The highest BCUT2D eigenvalue weighted by molar-refractivity contribution is 6.44. The molecule has 0 radical (unpaired) electrons. The van der Waals surface area contributed by atoms with Gasteiger partial charge in [0, 0.05) is 42.5 Å². The van der Waals surface area contributed by atoms with Gasteiger partial charge in [-0.15, -0.1) is 5.10 Å². The highest BCUT2D eigenvalue weighted by atomic mass is 35.5. The summed E-state index contributed by atoms with van der Waals surface area (Å²) < 4.78 is 11.0. The third-order valence-corrected chi connectivity index (χ3v) is 6.46. The van der Waals surface area contributed by atoms with Crippen molar-refractivity contribution in [3.05, 3.63) is 83.4 Å². The zero-order valence-electron chi connectivity index (χ0n) is 19.7. The van der Waals surface area contributed by atoms with Gasteiger partial charge in [0.1, 0.15) is 5.75 Å². The van der Waals surface area contributed by atoms with Crippen molar-refractivity contribution in [2.24, 2.45) is 5.10 Å². The van der Waals surface area contributed by atoms with E-state index in [4.69, 9.17) is 26.2 Å². The first-order chi connectivity index (χ1) is 17.0. The summed E-state index contributed by atoms with van der Waals surface area (Å²) in [5.41, 5.74) is 3.80. The minimum atomic E-state index is -0.374. The smallest absolute Gasteiger partial charge is 0.198 e. The predicted molar refractivity (Wildman–Crippen MR) is 140 cm³/mol. The lowest BCUT2D eigenvalue weighted by Crippen LogP contribution is -2.38. The molecule has 0 N–H and O–H groups in total. The van der Waals surface area contributed by atoms with Gasteiger partial charge in [-0.1, -0.05) is 29.8 Å². The number of nitrogens with zero attached hydrogens (tertiary/aromatic N) is 4. The first-order valence-electron chi connectivity index (χ1n) is 11.6. The molecule has 5 rings (SSSR count). The first-order valence-corrected chi connectivity index (χ1v) is 11.9. The summed E-state index contributed by atoms with van der Waals surface area (Å²) in [6.45, 7) is 4.73. The molecule has 0 saturated carbocycles. The topological polar surface area (TPSA) is 57.6 Å². The van der Waals surface area contributed by atoms with Crippen molar-refractivity contribution in [1.29, 1.82) is 0 Å². The third-order valence-electron chi connectivity index (χ3n) is 6.21.